The summed E-state index contributed by atoms with van der Waals surface area (Å²) in [5.74, 6) is -0.208. The Labute approximate surface area is 144 Å². The molecule has 4 nitrogen and oxygen atoms in total. The lowest BCUT2D eigenvalue weighted by Crippen LogP contribution is -2.41. The molecule has 0 spiro atoms. The Morgan fingerprint density at radius 1 is 1.13 bits per heavy atom. The molecule has 23 heavy (non-hydrogen) atoms. The van der Waals surface area contributed by atoms with Gasteiger partial charge in [-0.05, 0) is 66.1 Å². The summed E-state index contributed by atoms with van der Waals surface area (Å²) in [6.45, 7) is 13.8. The Hall–Kier alpha value is -1.04. The monoisotopic (exact) mass is 337 g/mol. The SMILES string of the molecule is CC(C)(C)NC(=O)c1cc(B2OC(C)(C)C(C)(C)O2)ccc1Cl. The van der Waals surface area contributed by atoms with Crippen LogP contribution in [0.4, 0.5) is 0 Å². The van der Waals surface area contributed by atoms with Crippen LogP contribution in [0.2, 0.25) is 5.02 Å². The van der Waals surface area contributed by atoms with Gasteiger partial charge in [0.2, 0.25) is 0 Å². The first kappa shape index (κ1) is 18.3. The molecule has 126 valence electrons. The fourth-order valence-corrected chi connectivity index (χ4v) is 2.45. The number of nitrogens with one attached hydrogen (secondary N) is 1. The molecule has 0 aromatic heterocycles. The predicted molar refractivity (Wildman–Crippen MR) is 94.4 cm³/mol. The van der Waals surface area contributed by atoms with Crippen LogP contribution in [0.5, 0.6) is 0 Å². The molecule has 1 N–H and O–H groups in total. The summed E-state index contributed by atoms with van der Waals surface area (Å²) in [6.07, 6.45) is 0. The van der Waals surface area contributed by atoms with E-state index < -0.39 is 18.3 Å². The number of carbonyl (C=O) groups excluding carboxylic acids is 1. The van der Waals surface area contributed by atoms with Crippen LogP contribution in [-0.4, -0.2) is 29.8 Å². The van der Waals surface area contributed by atoms with Crippen molar-refractivity contribution in [1.29, 1.82) is 0 Å². The minimum Gasteiger partial charge on any atom is -0.399 e. The lowest BCUT2D eigenvalue weighted by Gasteiger charge is -2.32. The molecule has 0 radical (unpaired) electrons. The fourth-order valence-electron chi connectivity index (χ4n) is 2.25. The van der Waals surface area contributed by atoms with Crippen molar-refractivity contribution in [2.75, 3.05) is 0 Å². The molecule has 2 rings (SSSR count). The van der Waals surface area contributed by atoms with Crippen LogP contribution in [0.25, 0.3) is 0 Å². The van der Waals surface area contributed by atoms with Gasteiger partial charge in [0.25, 0.3) is 5.91 Å². The number of rotatable bonds is 2. The van der Waals surface area contributed by atoms with Crippen LogP contribution < -0.4 is 10.8 Å². The first-order valence-electron chi connectivity index (χ1n) is 7.80. The van der Waals surface area contributed by atoms with Gasteiger partial charge in [0.15, 0.2) is 0 Å². The Kier molecular flexibility index (Phi) is 4.61. The highest BCUT2D eigenvalue weighted by Crippen LogP contribution is 2.36. The van der Waals surface area contributed by atoms with Gasteiger partial charge in [-0.25, -0.2) is 0 Å². The van der Waals surface area contributed by atoms with E-state index in [-0.39, 0.29) is 11.4 Å². The topological polar surface area (TPSA) is 47.6 Å². The standard InChI is InChI=1S/C17H25BClNO3/c1-15(2,3)20-14(21)12-10-11(8-9-13(12)19)18-22-16(4,5)17(6,7)23-18/h8-10H,1-7H3,(H,20,21). The molecule has 0 unspecified atom stereocenters. The van der Waals surface area contributed by atoms with E-state index in [0.29, 0.717) is 10.6 Å². The minimum atomic E-state index is -0.515. The fraction of sp³-hybridized carbons (Fsp3) is 0.588. The molecule has 1 heterocycles. The third kappa shape index (κ3) is 3.90. The van der Waals surface area contributed by atoms with Crippen molar-refractivity contribution in [3.8, 4) is 0 Å². The van der Waals surface area contributed by atoms with Crippen LogP contribution in [0.15, 0.2) is 18.2 Å². The average molecular weight is 338 g/mol. The van der Waals surface area contributed by atoms with E-state index in [0.717, 1.165) is 5.46 Å². The van der Waals surface area contributed by atoms with Gasteiger partial charge in [0, 0.05) is 5.54 Å². The van der Waals surface area contributed by atoms with Crippen LogP contribution in [0.1, 0.15) is 58.8 Å². The van der Waals surface area contributed by atoms with Gasteiger partial charge in [0.1, 0.15) is 0 Å². The van der Waals surface area contributed by atoms with E-state index >= 15 is 0 Å². The Balaban J connectivity index is 2.30. The second kappa shape index (κ2) is 5.80. The zero-order valence-electron chi connectivity index (χ0n) is 14.9. The summed E-state index contributed by atoms with van der Waals surface area (Å²) >= 11 is 6.20. The van der Waals surface area contributed by atoms with Crippen molar-refractivity contribution in [2.24, 2.45) is 0 Å². The van der Waals surface area contributed by atoms with Crippen molar-refractivity contribution in [1.82, 2.24) is 5.32 Å². The van der Waals surface area contributed by atoms with E-state index in [1.165, 1.54) is 0 Å². The summed E-state index contributed by atoms with van der Waals surface area (Å²) in [6, 6.07) is 5.28. The second-order valence-corrected chi connectivity index (χ2v) is 8.44. The van der Waals surface area contributed by atoms with Crippen LogP contribution in [0.3, 0.4) is 0 Å². The largest absolute Gasteiger partial charge is 0.494 e. The number of hydrogen-bond donors (Lipinski definition) is 1. The maximum absolute atomic E-state index is 12.4. The molecule has 1 amide bonds. The molecule has 0 bridgehead atoms. The molecule has 1 aliphatic heterocycles. The molecule has 0 saturated carbocycles. The number of carbonyl (C=O) groups is 1. The lowest BCUT2D eigenvalue weighted by atomic mass is 9.78. The first-order chi connectivity index (χ1) is 10.3. The third-order valence-electron chi connectivity index (χ3n) is 4.25. The van der Waals surface area contributed by atoms with E-state index in [1.807, 2.05) is 54.5 Å². The van der Waals surface area contributed by atoms with Gasteiger partial charge in [-0.15, -0.1) is 0 Å². The van der Waals surface area contributed by atoms with Crippen LogP contribution >= 0.6 is 11.6 Å². The first-order valence-corrected chi connectivity index (χ1v) is 8.18. The molecule has 0 aliphatic carbocycles. The summed E-state index contributed by atoms with van der Waals surface area (Å²) in [5, 5.41) is 3.33. The molecule has 1 aromatic rings. The van der Waals surface area contributed by atoms with Gasteiger partial charge in [-0.2, -0.15) is 0 Å². The van der Waals surface area contributed by atoms with Crippen molar-refractivity contribution >= 4 is 30.1 Å². The molecule has 6 heteroatoms. The van der Waals surface area contributed by atoms with Gasteiger partial charge in [-0.3, -0.25) is 4.79 Å². The molecule has 0 atom stereocenters. The molecule has 1 fully saturated rings. The third-order valence-corrected chi connectivity index (χ3v) is 4.58. The van der Waals surface area contributed by atoms with Gasteiger partial charge in [0.05, 0.1) is 21.8 Å². The highest BCUT2D eigenvalue weighted by atomic mass is 35.5. The molecular weight excluding hydrogens is 312 g/mol. The normalized spacial score (nSPS) is 19.7. The summed E-state index contributed by atoms with van der Waals surface area (Å²) in [5.41, 5.74) is 0.0257. The molecule has 1 saturated heterocycles. The summed E-state index contributed by atoms with van der Waals surface area (Å²) < 4.78 is 12.1. The van der Waals surface area contributed by atoms with Crippen molar-refractivity contribution in [3.63, 3.8) is 0 Å². The molecule has 1 aliphatic rings. The van der Waals surface area contributed by atoms with Crippen molar-refractivity contribution in [3.05, 3.63) is 28.8 Å². The summed E-state index contributed by atoms with van der Waals surface area (Å²) in [4.78, 5) is 12.4. The number of halogens is 1. The highest BCUT2D eigenvalue weighted by molar-refractivity contribution is 6.62. The van der Waals surface area contributed by atoms with Crippen molar-refractivity contribution < 1.29 is 14.1 Å². The van der Waals surface area contributed by atoms with E-state index in [1.54, 1.807) is 12.1 Å². The smallest absolute Gasteiger partial charge is 0.399 e. The Bertz CT molecular complexity index is 607. The zero-order chi connectivity index (χ0) is 17.6. The summed E-state index contributed by atoms with van der Waals surface area (Å²) in [7, 11) is -0.515. The van der Waals surface area contributed by atoms with Crippen LogP contribution in [0, 0.1) is 0 Å². The van der Waals surface area contributed by atoms with E-state index in [2.05, 4.69) is 5.32 Å². The highest BCUT2D eigenvalue weighted by Gasteiger charge is 2.51. The molecule has 1 aromatic carbocycles. The van der Waals surface area contributed by atoms with E-state index in [9.17, 15) is 4.79 Å². The Morgan fingerprint density at radius 2 is 1.65 bits per heavy atom. The number of amides is 1. The second-order valence-electron chi connectivity index (χ2n) is 8.03. The lowest BCUT2D eigenvalue weighted by molar-refractivity contribution is 0.00578. The number of hydrogen-bond acceptors (Lipinski definition) is 3. The quantitative estimate of drug-likeness (QED) is 0.843. The molecular formula is C17H25BClNO3. The van der Waals surface area contributed by atoms with Gasteiger partial charge < -0.3 is 14.6 Å². The minimum absolute atomic E-state index is 0.208. The average Bonchev–Trinajstić information content (AvgIpc) is 2.56. The van der Waals surface area contributed by atoms with Gasteiger partial charge >= 0.3 is 7.12 Å². The predicted octanol–water partition coefficient (Wildman–Crippen LogP) is 3.17. The van der Waals surface area contributed by atoms with Crippen LogP contribution in [-0.2, 0) is 9.31 Å². The maximum Gasteiger partial charge on any atom is 0.494 e. The Morgan fingerprint density at radius 3 is 2.13 bits per heavy atom. The van der Waals surface area contributed by atoms with Crippen molar-refractivity contribution in [2.45, 2.75) is 65.2 Å². The van der Waals surface area contributed by atoms with E-state index in [4.69, 9.17) is 20.9 Å². The number of benzene rings is 1. The maximum atomic E-state index is 12.4. The zero-order valence-corrected chi connectivity index (χ0v) is 15.7. The van der Waals surface area contributed by atoms with Gasteiger partial charge in [-0.1, -0.05) is 17.7 Å².